The van der Waals surface area contributed by atoms with E-state index in [4.69, 9.17) is 5.73 Å². The maximum absolute atomic E-state index is 10.5. The summed E-state index contributed by atoms with van der Waals surface area (Å²) in [5.74, 6) is 0.377. The van der Waals surface area contributed by atoms with Gasteiger partial charge in [0.25, 0.3) is 0 Å². The monoisotopic (exact) mass is 210 g/mol. The van der Waals surface area contributed by atoms with E-state index in [1.54, 1.807) is 11.3 Å². The van der Waals surface area contributed by atoms with Crippen LogP contribution in [0, 0.1) is 0 Å². The van der Waals surface area contributed by atoms with Crippen molar-refractivity contribution < 1.29 is 4.79 Å². The number of hydrogen-bond acceptors (Lipinski definition) is 4. The first kappa shape index (κ1) is 9.83. The summed E-state index contributed by atoms with van der Waals surface area (Å²) >= 11 is 1.56. The summed E-state index contributed by atoms with van der Waals surface area (Å²) in [7, 11) is 0. The highest BCUT2D eigenvalue weighted by molar-refractivity contribution is 7.13. The average molecular weight is 210 g/mol. The predicted octanol–water partition coefficient (Wildman–Crippen LogP) is 0.965. The number of rotatable bonds is 2. The van der Waals surface area contributed by atoms with Gasteiger partial charge in [-0.1, -0.05) is 0 Å². The van der Waals surface area contributed by atoms with Crippen LogP contribution in [0.4, 0.5) is 0 Å². The quantitative estimate of drug-likeness (QED) is 0.715. The van der Waals surface area contributed by atoms with Gasteiger partial charge in [-0.15, -0.1) is 11.3 Å². The molecule has 14 heavy (non-hydrogen) atoms. The van der Waals surface area contributed by atoms with Crippen LogP contribution in [-0.4, -0.2) is 25.4 Å². The lowest BCUT2D eigenvalue weighted by molar-refractivity contribution is 0.112. The van der Waals surface area contributed by atoms with E-state index in [0.717, 1.165) is 30.7 Å². The number of piperidine rings is 1. The molecule has 0 amide bonds. The molecule has 0 bridgehead atoms. The molecule has 2 rings (SSSR count). The topological polar surface area (TPSA) is 55.1 Å². The van der Waals surface area contributed by atoms with Crippen molar-refractivity contribution in [3.63, 3.8) is 0 Å². The number of carbonyl (C=O) groups is 1. The van der Waals surface area contributed by atoms with Crippen molar-refractivity contribution in [3.8, 4) is 0 Å². The Kier molecular flexibility index (Phi) is 2.96. The molecule has 0 radical (unpaired) electrons. The zero-order valence-electron chi connectivity index (χ0n) is 7.90. The number of nitrogens with two attached hydrogens (primary N) is 1. The van der Waals surface area contributed by atoms with Crippen LogP contribution in [0.25, 0.3) is 0 Å². The van der Waals surface area contributed by atoms with Gasteiger partial charge < -0.3 is 11.1 Å². The molecule has 0 spiro atoms. The Balaban J connectivity index is 2.16. The third-order valence-corrected chi connectivity index (χ3v) is 3.81. The zero-order chi connectivity index (χ0) is 9.97. The highest BCUT2D eigenvalue weighted by Gasteiger charge is 2.24. The van der Waals surface area contributed by atoms with Crippen molar-refractivity contribution in [2.24, 2.45) is 5.73 Å². The smallest absolute Gasteiger partial charge is 0.160 e. The summed E-state index contributed by atoms with van der Waals surface area (Å²) in [6, 6.07) is 4.12. The Morgan fingerprint density at radius 3 is 3.07 bits per heavy atom. The molecule has 3 nitrogen and oxygen atoms in total. The summed E-state index contributed by atoms with van der Waals surface area (Å²) in [6.45, 7) is 1.93. The molecular weight excluding hydrogens is 196 g/mol. The summed E-state index contributed by atoms with van der Waals surface area (Å²) in [5, 5.41) is 3.33. The fourth-order valence-corrected chi connectivity index (χ4v) is 2.82. The summed E-state index contributed by atoms with van der Waals surface area (Å²) in [5.41, 5.74) is 6.04. The molecule has 1 aliphatic heterocycles. The third kappa shape index (κ3) is 1.87. The fraction of sp³-hybridized carbons (Fsp3) is 0.500. The van der Waals surface area contributed by atoms with Gasteiger partial charge in [-0.3, -0.25) is 4.79 Å². The zero-order valence-corrected chi connectivity index (χ0v) is 8.72. The van der Waals surface area contributed by atoms with Crippen LogP contribution in [0.2, 0.25) is 0 Å². The molecule has 3 N–H and O–H groups in total. The van der Waals surface area contributed by atoms with Crippen molar-refractivity contribution in [1.29, 1.82) is 0 Å². The second-order valence-electron chi connectivity index (χ2n) is 3.62. The maximum atomic E-state index is 10.5. The van der Waals surface area contributed by atoms with Crippen LogP contribution < -0.4 is 11.1 Å². The van der Waals surface area contributed by atoms with Crippen LogP contribution in [0.15, 0.2) is 12.1 Å². The van der Waals surface area contributed by atoms with E-state index in [0.29, 0.717) is 5.92 Å². The molecule has 1 aliphatic rings. The van der Waals surface area contributed by atoms with Gasteiger partial charge in [-0.25, -0.2) is 0 Å². The highest BCUT2D eigenvalue weighted by Crippen LogP contribution is 2.28. The predicted molar refractivity (Wildman–Crippen MR) is 57.9 cm³/mol. The Hall–Kier alpha value is -0.710. The van der Waals surface area contributed by atoms with Crippen LogP contribution in [0.5, 0.6) is 0 Å². The maximum Gasteiger partial charge on any atom is 0.160 e. The van der Waals surface area contributed by atoms with Gasteiger partial charge in [-0.05, 0) is 25.1 Å². The summed E-state index contributed by atoms with van der Waals surface area (Å²) in [6.07, 6.45) is 1.91. The summed E-state index contributed by atoms with van der Waals surface area (Å²) in [4.78, 5) is 12.6. The minimum Gasteiger partial charge on any atom is -0.327 e. The van der Waals surface area contributed by atoms with Crippen LogP contribution in [0.1, 0.15) is 26.9 Å². The SMILES string of the molecule is NC1CCNCC1c1ccc(C=O)s1. The van der Waals surface area contributed by atoms with Gasteiger partial charge in [0.05, 0.1) is 4.88 Å². The van der Waals surface area contributed by atoms with Gasteiger partial charge in [0.2, 0.25) is 0 Å². The van der Waals surface area contributed by atoms with Crippen molar-refractivity contribution >= 4 is 17.6 Å². The lowest BCUT2D eigenvalue weighted by Crippen LogP contribution is -2.42. The van der Waals surface area contributed by atoms with Crippen molar-refractivity contribution in [2.75, 3.05) is 13.1 Å². The van der Waals surface area contributed by atoms with E-state index in [1.807, 2.05) is 12.1 Å². The standard InChI is InChI=1S/C10H14N2OS/c11-9-3-4-12-5-8(9)10-2-1-7(6-13)14-10/h1-2,6,8-9,12H,3-5,11H2. The van der Waals surface area contributed by atoms with Gasteiger partial charge >= 0.3 is 0 Å². The molecule has 1 fully saturated rings. The fourth-order valence-electron chi connectivity index (χ4n) is 1.82. The Morgan fingerprint density at radius 2 is 2.43 bits per heavy atom. The summed E-state index contributed by atoms with van der Waals surface area (Å²) < 4.78 is 0. The highest BCUT2D eigenvalue weighted by atomic mass is 32.1. The lowest BCUT2D eigenvalue weighted by atomic mass is 9.93. The molecule has 0 aromatic carbocycles. The van der Waals surface area contributed by atoms with E-state index in [-0.39, 0.29) is 6.04 Å². The molecule has 1 aromatic heterocycles. The lowest BCUT2D eigenvalue weighted by Gasteiger charge is -2.28. The minimum atomic E-state index is 0.231. The van der Waals surface area contributed by atoms with Crippen LogP contribution in [0.3, 0.4) is 0 Å². The Bertz CT molecular complexity index is 324. The largest absolute Gasteiger partial charge is 0.327 e. The van der Waals surface area contributed by atoms with Gasteiger partial charge in [0, 0.05) is 23.4 Å². The molecule has 0 saturated carbocycles. The van der Waals surface area contributed by atoms with Crippen molar-refractivity contribution in [1.82, 2.24) is 5.32 Å². The second-order valence-corrected chi connectivity index (χ2v) is 4.77. The minimum absolute atomic E-state index is 0.231. The van der Waals surface area contributed by atoms with E-state index >= 15 is 0 Å². The van der Waals surface area contributed by atoms with Crippen molar-refractivity contribution in [3.05, 3.63) is 21.9 Å². The average Bonchev–Trinajstić information content (AvgIpc) is 2.67. The number of hydrogen-bond donors (Lipinski definition) is 2. The van der Waals surface area contributed by atoms with Gasteiger partial charge in [0.1, 0.15) is 0 Å². The molecule has 0 aliphatic carbocycles. The van der Waals surface area contributed by atoms with Crippen LogP contribution >= 0.6 is 11.3 Å². The molecule has 2 unspecified atom stereocenters. The molecular formula is C10H14N2OS. The number of carbonyl (C=O) groups excluding carboxylic acids is 1. The Labute approximate surface area is 87.3 Å². The molecule has 1 saturated heterocycles. The first-order chi connectivity index (χ1) is 6.81. The van der Waals surface area contributed by atoms with Gasteiger partial charge in [0.15, 0.2) is 6.29 Å². The van der Waals surface area contributed by atoms with E-state index in [2.05, 4.69) is 5.32 Å². The third-order valence-electron chi connectivity index (χ3n) is 2.66. The second kappa shape index (κ2) is 4.21. The number of nitrogens with one attached hydrogen (secondary N) is 1. The molecule has 1 aromatic rings. The van der Waals surface area contributed by atoms with Crippen molar-refractivity contribution in [2.45, 2.75) is 18.4 Å². The Morgan fingerprint density at radius 1 is 1.57 bits per heavy atom. The number of thiophene rings is 1. The van der Waals surface area contributed by atoms with Crippen LogP contribution in [-0.2, 0) is 0 Å². The molecule has 2 atom stereocenters. The van der Waals surface area contributed by atoms with E-state index in [9.17, 15) is 4.79 Å². The van der Waals surface area contributed by atoms with E-state index in [1.165, 1.54) is 4.88 Å². The molecule has 76 valence electrons. The number of aldehydes is 1. The first-order valence-corrected chi connectivity index (χ1v) is 5.64. The van der Waals surface area contributed by atoms with E-state index < -0.39 is 0 Å². The normalized spacial score (nSPS) is 27.5. The molecule has 4 heteroatoms. The van der Waals surface area contributed by atoms with Gasteiger partial charge in [-0.2, -0.15) is 0 Å². The first-order valence-electron chi connectivity index (χ1n) is 4.82. The molecule has 2 heterocycles.